The molecule has 2 rings (SSSR count). The SMILES string of the molecule is CNCC1CCN(C(=O)c2snnc2C)C1. The molecule has 0 saturated carbocycles. The summed E-state index contributed by atoms with van der Waals surface area (Å²) in [6, 6.07) is 0. The molecular formula is C10H16N4OS. The number of nitrogens with one attached hydrogen (secondary N) is 1. The van der Waals surface area contributed by atoms with E-state index in [9.17, 15) is 4.79 Å². The van der Waals surface area contributed by atoms with Crippen LogP contribution >= 0.6 is 11.5 Å². The van der Waals surface area contributed by atoms with E-state index in [0.717, 1.165) is 31.7 Å². The van der Waals surface area contributed by atoms with E-state index in [0.29, 0.717) is 10.8 Å². The maximum absolute atomic E-state index is 12.1. The molecule has 1 amide bonds. The highest BCUT2D eigenvalue weighted by Crippen LogP contribution is 2.20. The molecule has 0 spiro atoms. The summed E-state index contributed by atoms with van der Waals surface area (Å²) >= 11 is 1.19. The molecule has 1 N–H and O–H groups in total. The molecule has 1 unspecified atom stereocenters. The first kappa shape index (κ1) is 11.5. The summed E-state index contributed by atoms with van der Waals surface area (Å²) in [6.07, 6.45) is 1.08. The molecule has 6 heteroatoms. The second-order valence-electron chi connectivity index (χ2n) is 4.15. The first-order valence-corrected chi connectivity index (χ1v) is 6.22. The van der Waals surface area contributed by atoms with Gasteiger partial charge in [-0.05, 0) is 44.4 Å². The summed E-state index contributed by atoms with van der Waals surface area (Å²) in [5.41, 5.74) is 0.743. The fraction of sp³-hybridized carbons (Fsp3) is 0.700. The average molecular weight is 240 g/mol. The van der Waals surface area contributed by atoms with Crippen LogP contribution in [0.25, 0.3) is 0 Å². The molecule has 1 fully saturated rings. The van der Waals surface area contributed by atoms with Crippen molar-refractivity contribution in [1.82, 2.24) is 19.8 Å². The fourth-order valence-corrected chi connectivity index (χ4v) is 2.67. The zero-order valence-electron chi connectivity index (χ0n) is 9.56. The van der Waals surface area contributed by atoms with E-state index >= 15 is 0 Å². The number of carbonyl (C=O) groups is 1. The standard InChI is InChI=1S/C10H16N4OS/c1-7-9(16-13-12-7)10(15)14-4-3-8(6-14)5-11-2/h8,11H,3-6H2,1-2H3. The molecule has 16 heavy (non-hydrogen) atoms. The highest BCUT2D eigenvalue weighted by molar-refractivity contribution is 7.07. The van der Waals surface area contributed by atoms with Gasteiger partial charge in [0.25, 0.3) is 5.91 Å². The van der Waals surface area contributed by atoms with E-state index in [2.05, 4.69) is 14.9 Å². The van der Waals surface area contributed by atoms with Crippen LogP contribution in [-0.4, -0.2) is 47.1 Å². The highest BCUT2D eigenvalue weighted by Gasteiger charge is 2.28. The first-order chi connectivity index (χ1) is 7.72. The predicted molar refractivity (Wildman–Crippen MR) is 62.6 cm³/mol. The number of likely N-dealkylation sites (tertiary alicyclic amines) is 1. The largest absolute Gasteiger partial charge is 0.338 e. The van der Waals surface area contributed by atoms with Gasteiger partial charge in [-0.2, -0.15) is 0 Å². The number of amides is 1. The minimum absolute atomic E-state index is 0.0890. The van der Waals surface area contributed by atoms with Crippen molar-refractivity contribution in [3.05, 3.63) is 10.6 Å². The summed E-state index contributed by atoms with van der Waals surface area (Å²) in [5, 5.41) is 7.03. The Hall–Kier alpha value is -1.01. The molecule has 1 aliphatic rings. The van der Waals surface area contributed by atoms with Crippen molar-refractivity contribution < 1.29 is 4.79 Å². The topological polar surface area (TPSA) is 58.1 Å². The monoisotopic (exact) mass is 240 g/mol. The molecule has 1 saturated heterocycles. The van der Waals surface area contributed by atoms with Crippen LogP contribution in [-0.2, 0) is 0 Å². The van der Waals surface area contributed by atoms with Crippen LogP contribution in [0.5, 0.6) is 0 Å². The molecule has 1 atom stereocenters. The lowest BCUT2D eigenvalue weighted by Crippen LogP contribution is -2.30. The number of nitrogens with zero attached hydrogens (tertiary/aromatic N) is 3. The van der Waals surface area contributed by atoms with Gasteiger partial charge in [0, 0.05) is 13.1 Å². The average Bonchev–Trinajstić information content (AvgIpc) is 2.87. The van der Waals surface area contributed by atoms with Crippen LogP contribution in [0.2, 0.25) is 0 Å². The Balaban J connectivity index is 2.00. The Bertz CT molecular complexity index is 379. The van der Waals surface area contributed by atoms with Crippen molar-refractivity contribution in [2.75, 3.05) is 26.7 Å². The Kier molecular flexibility index (Phi) is 3.50. The van der Waals surface area contributed by atoms with Gasteiger partial charge in [-0.25, -0.2) is 0 Å². The number of hydrogen-bond donors (Lipinski definition) is 1. The Morgan fingerprint density at radius 2 is 2.50 bits per heavy atom. The van der Waals surface area contributed by atoms with E-state index in [4.69, 9.17) is 0 Å². The van der Waals surface area contributed by atoms with Crippen molar-refractivity contribution in [3.63, 3.8) is 0 Å². The fourth-order valence-electron chi connectivity index (χ4n) is 2.04. The van der Waals surface area contributed by atoms with Gasteiger partial charge in [0.2, 0.25) is 0 Å². The van der Waals surface area contributed by atoms with E-state index in [1.807, 2.05) is 18.9 Å². The van der Waals surface area contributed by atoms with Gasteiger partial charge in [-0.15, -0.1) is 5.10 Å². The van der Waals surface area contributed by atoms with Gasteiger partial charge in [0.15, 0.2) is 0 Å². The zero-order valence-corrected chi connectivity index (χ0v) is 10.4. The molecule has 0 radical (unpaired) electrons. The molecule has 0 bridgehead atoms. The maximum Gasteiger partial charge on any atom is 0.267 e. The highest BCUT2D eigenvalue weighted by atomic mass is 32.1. The smallest absolute Gasteiger partial charge is 0.267 e. The van der Waals surface area contributed by atoms with Crippen LogP contribution in [0.15, 0.2) is 0 Å². The van der Waals surface area contributed by atoms with E-state index < -0.39 is 0 Å². The Morgan fingerprint density at radius 1 is 1.69 bits per heavy atom. The van der Waals surface area contributed by atoms with Crippen molar-refractivity contribution in [2.45, 2.75) is 13.3 Å². The van der Waals surface area contributed by atoms with E-state index in [-0.39, 0.29) is 5.91 Å². The zero-order chi connectivity index (χ0) is 11.5. The minimum Gasteiger partial charge on any atom is -0.338 e. The third kappa shape index (κ3) is 2.22. The van der Waals surface area contributed by atoms with Crippen LogP contribution < -0.4 is 5.32 Å². The second-order valence-corrected chi connectivity index (χ2v) is 4.91. The Labute approximate surface area is 99.0 Å². The molecule has 0 aromatic carbocycles. The number of carbonyl (C=O) groups excluding carboxylic acids is 1. The normalized spacial score (nSPS) is 20.4. The third-order valence-electron chi connectivity index (χ3n) is 2.91. The van der Waals surface area contributed by atoms with E-state index in [1.165, 1.54) is 11.5 Å². The lowest BCUT2D eigenvalue weighted by molar-refractivity contribution is 0.0791. The minimum atomic E-state index is 0.0890. The molecule has 88 valence electrons. The number of aromatic nitrogens is 2. The number of rotatable bonds is 3. The molecule has 5 nitrogen and oxygen atoms in total. The van der Waals surface area contributed by atoms with E-state index in [1.54, 1.807) is 0 Å². The van der Waals surface area contributed by atoms with Crippen LogP contribution in [0.3, 0.4) is 0 Å². The van der Waals surface area contributed by atoms with Gasteiger partial charge in [-0.3, -0.25) is 4.79 Å². The van der Waals surface area contributed by atoms with Crippen molar-refractivity contribution in [3.8, 4) is 0 Å². The number of hydrogen-bond acceptors (Lipinski definition) is 5. The summed E-state index contributed by atoms with van der Waals surface area (Å²) < 4.78 is 3.80. The molecule has 0 aliphatic carbocycles. The maximum atomic E-state index is 12.1. The third-order valence-corrected chi connectivity index (χ3v) is 3.73. The molecular weight excluding hydrogens is 224 g/mol. The first-order valence-electron chi connectivity index (χ1n) is 5.45. The van der Waals surface area contributed by atoms with Crippen LogP contribution in [0.1, 0.15) is 21.8 Å². The van der Waals surface area contributed by atoms with Gasteiger partial charge >= 0.3 is 0 Å². The van der Waals surface area contributed by atoms with Crippen molar-refractivity contribution in [1.29, 1.82) is 0 Å². The van der Waals surface area contributed by atoms with Crippen LogP contribution in [0, 0.1) is 12.8 Å². The lowest BCUT2D eigenvalue weighted by atomic mass is 10.1. The van der Waals surface area contributed by atoms with Gasteiger partial charge in [0.05, 0.1) is 5.69 Å². The summed E-state index contributed by atoms with van der Waals surface area (Å²) in [4.78, 5) is 14.7. The molecule has 2 heterocycles. The van der Waals surface area contributed by atoms with Gasteiger partial charge < -0.3 is 10.2 Å². The molecule has 1 aromatic heterocycles. The van der Waals surface area contributed by atoms with Crippen molar-refractivity contribution in [2.24, 2.45) is 5.92 Å². The number of aryl methyl sites for hydroxylation is 1. The second kappa shape index (κ2) is 4.88. The summed E-state index contributed by atoms with van der Waals surface area (Å²) in [6.45, 7) is 4.50. The van der Waals surface area contributed by atoms with Gasteiger partial charge in [-0.1, -0.05) is 4.49 Å². The van der Waals surface area contributed by atoms with Crippen molar-refractivity contribution >= 4 is 17.4 Å². The quantitative estimate of drug-likeness (QED) is 0.837. The molecule has 1 aromatic rings. The van der Waals surface area contributed by atoms with Crippen LogP contribution in [0.4, 0.5) is 0 Å². The summed E-state index contributed by atoms with van der Waals surface area (Å²) in [7, 11) is 1.95. The lowest BCUT2D eigenvalue weighted by Gasteiger charge is -2.15. The predicted octanol–water partition coefficient (Wildman–Crippen LogP) is 0.528. The van der Waals surface area contributed by atoms with Gasteiger partial charge in [0.1, 0.15) is 4.88 Å². The molecule has 1 aliphatic heterocycles. The Morgan fingerprint density at radius 3 is 3.12 bits per heavy atom. The summed E-state index contributed by atoms with van der Waals surface area (Å²) in [5.74, 6) is 0.668.